The van der Waals surface area contributed by atoms with Gasteiger partial charge < -0.3 is 20.5 Å². The van der Waals surface area contributed by atoms with Gasteiger partial charge >= 0.3 is 0 Å². The van der Waals surface area contributed by atoms with Crippen LogP contribution in [0.15, 0.2) is 72.8 Å². The molecule has 11 heteroatoms. The molecule has 0 aliphatic rings. The number of nitrogens with one attached hydrogen (secondary N) is 2. The maximum absolute atomic E-state index is 11.6. The number of hydrogen-bond acceptors (Lipinski definition) is 7. The molecule has 0 saturated carbocycles. The number of anilines is 2. The van der Waals surface area contributed by atoms with Crippen LogP contribution in [0.3, 0.4) is 0 Å². The van der Waals surface area contributed by atoms with E-state index < -0.39 is 22.1 Å². The van der Waals surface area contributed by atoms with Gasteiger partial charge in [-0.15, -0.1) is 11.6 Å². The first-order valence-electron chi connectivity index (χ1n) is 9.95. The Morgan fingerprint density at radius 2 is 1.29 bits per heavy atom. The number of rotatable bonds is 9. The number of carboxylic acid groups (broad SMARTS) is 1. The normalized spacial score (nSPS) is 10.6. The third kappa shape index (κ3) is 10.0. The highest BCUT2D eigenvalue weighted by molar-refractivity contribution is 6.42. The summed E-state index contributed by atoms with van der Waals surface area (Å²) >= 11 is 5.37. The van der Waals surface area contributed by atoms with Gasteiger partial charge in [0.15, 0.2) is 5.78 Å². The molecule has 0 saturated heterocycles. The highest BCUT2D eigenvalue weighted by atomic mass is 35.5. The number of aliphatic carboxylic acids is 1. The standard InChI is InChI=1S/C13H12ClNO4.C11H12N2O3/c1-7(2)12(17)15-9-5-3-8(4-6-9)11(16)10(14)13(18)19;1-8(2)11(14)12-10-5-3-9(4-6-10)7-13(15)16/h3-6,10H,1H2,2H3,(H,15,17)(H,18,19);3-6H,1,7H2,2H3,(H,12,14)/p-1. The van der Waals surface area contributed by atoms with E-state index in [9.17, 15) is 34.4 Å². The smallest absolute Gasteiger partial charge is 0.250 e. The van der Waals surface area contributed by atoms with Crippen molar-refractivity contribution >= 4 is 46.5 Å². The van der Waals surface area contributed by atoms with Crippen molar-refractivity contribution in [2.75, 3.05) is 10.6 Å². The van der Waals surface area contributed by atoms with Crippen LogP contribution in [0.4, 0.5) is 11.4 Å². The molecule has 0 aromatic heterocycles. The lowest BCUT2D eigenvalue weighted by Gasteiger charge is -2.10. The van der Waals surface area contributed by atoms with Gasteiger partial charge in [-0.25, -0.2) is 0 Å². The van der Waals surface area contributed by atoms with Crippen molar-refractivity contribution in [3.63, 3.8) is 0 Å². The fourth-order valence-electron chi connectivity index (χ4n) is 2.29. The lowest BCUT2D eigenvalue weighted by atomic mass is 10.1. The molecule has 2 rings (SSSR count). The van der Waals surface area contributed by atoms with Crippen molar-refractivity contribution in [2.45, 2.75) is 25.8 Å². The maximum Gasteiger partial charge on any atom is 0.250 e. The number of Topliss-reactive ketones (excluding diaryl/α,β-unsaturated/α-hetero) is 1. The number of alkyl halides is 1. The third-order valence-corrected chi connectivity index (χ3v) is 4.54. The number of carbonyl (C=O) groups excluding carboxylic acids is 4. The molecule has 2 N–H and O–H groups in total. The number of amides is 2. The van der Waals surface area contributed by atoms with Gasteiger partial charge in [-0.2, -0.15) is 0 Å². The summed E-state index contributed by atoms with van der Waals surface area (Å²) in [6.45, 7) is 9.95. The zero-order valence-electron chi connectivity index (χ0n) is 19.0. The molecular weight excluding hydrogens is 478 g/mol. The highest BCUT2D eigenvalue weighted by Crippen LogP contribution is 2.14. The molecule has 0 aliphatic heterocycles. The minimum atomic E-state index is -1.73. The maximum atomic E-state index is 11.6. The first-order valence-corrected chi connectivity index (χ1v) is 10.4. The quantitative estimate of drug-likeness (QED) is 0.134. The number of nitro groups is 1. The first kappa shape index (κ1) is 28.7. The molecule has 0 fully saturated rings. The molecule has 35 heavy (non-hydrogen) atoms. The van der Waals surface area contributed by atoms with Crippen molar-refractivity contribution in [1.29, 1.82) is 0 Å². The molecule has 0 spiro atoms. The van der Waals surface area contributed by atoms with E-state index in [4.69, 9.17) is 11.6 Å². The van der Waals surface area contributed by atoms with Crippen molar-refractivity contribution in [3.05, 3.63) is 94.1 Å². The van der Waals surface area contributed by atoms with Gasteiger partial charge in [-0.05, 0) is 50.2 Å². The summed E-state index contributed by atoms with van der Waals surface area (Å²) in [4.78, 5) is 54.5. The Morgan fingerprint density at radius 3 is 1.63 bits per heavy atom. The largest absolute Gasteiger partial charge is 0.548 e. The van der Waals surface area contributed by atoms with Gasteiger partial charge in [-0.1, -0.05) is 25.3 Å². The Morgan fingerprint density at radius 1 is 0.886 bits per heavy atom. The lowest BCUT2D eigenvalue weighted by Crippen LogP contribution is -2.37. The fourth-order valence-corrected chi connectivity index (χ4v) is 2.42. The van der Waals surface area contributed by atoms with Crippen molar-refractivity contribution in [2.24, 2.45) is 0 Å². The molecule has 1 atom stereocenters. The predicted octanol–water partition coefficient (Wildman–Crippen LogP) is 2.72. The summed E-state index contributed by atoms with van der Waals surface area (Å²) in [7, 11) is 0. The Balaban J connectivity index is 0.000000355. The zero-order valence-corrected chi connectivity index (χ0v) is 19.8. The second-order valence-electron chi connectivity index (χ2n) is 7.28. The summed E-state index contributed by atoms with van der Waals surface area (Å²) in [5.41, 5.74) is 2.53. The summed E-state index contributed by atoms with van der Waals surface area (Å²) < 4.78 is 0. The van der Waals surface area contributed by atoms with Crippen LogP contribution in [0.2, 0.25) is 0 Å². The Labute approximate surface area is 206 Å². The molecule has 0 radical (unpaired) electrons. The lowest BCUT2D eigenvalue weighted by molar-refractivity contribution is -0.496. The molecule has 10 nitrogen and oxygen atoms in total. The minimum Gasteiger partial charge on any atom is -0.548 e. The van der Waals surface area contributed by atoms with E-state index in [0.29, 0.717) is 28.1 Å². The van der Waals surface area contributed by atoms with E-state index in [2.05, 4.69) is 23.8 Å². The van der Waals surface area contributed by atoms with Crippen molar-refractivity contribution in [1.82, 2.24) is 0 Å². The van der Waals surface area contributed by atoms with Crippen LogP contribution >= 0.6 is 11.6 Å². The highest BCUT2D eigenvalue weighted by Gasteiger charge is 2.18. The van der Waals surface area contributed by atoms with Crippen molar-refractivity contribution in [3.8, 4) is 0 Å². The summed E-state index contributed by atoms with van der Waals surface area (Å²) in [5, 5.41) is 24.2. The van der Waals surface area contributed by atoms with Gasteiger partial charge in [0, 0.05) is 38.6 Å². The van der Waals surface area contributed by atoms with Gasteiger partial charge in [-0.3, -0.25) is 24.5 Å². The Bertz CT molecular complexity index is 1140. The SMILES string of the molecule is C=C(C)C(=O)Nc1ccc(C(=O)C(Cl)C(=O)[O-])cc1.C=C(C)C(=O)Nc1ccc(C[N+](=O)[O-])cc1. The summed E-state index contributed by atoms with van der Waals surface area (Å²) in [5.74, 6) is -3.02. The second kappa shape index (κ2) is 13.4. The van der Waals surface area contributed by atoms with E-state index >= 15 is 0 Å². The number of hydrogen-bond donors (Lipinski definition) is 2. The number of halogens is 1. The molecule has 184 valence electrons. The third-order valence-electron chi connectivity index (χ3n) is 4.16. The molecule has 1 unspecified atom stereocenters. The number of carbonyl (C=O) groups is 4. The van der Waals surface area contributed by atoms with E-state index in [0.717, 1.165) is 0 Å². The van der Waals surface area contributed by atoms with E-state index in [-0.39, 0.29) is 23.9 Å². The molecule has 2 aromatic carbocycles. The van der Waals surface area contributed by atoms with Crippen LogP contribution in [0.25, 0.3) is 0 Å². The Kier molecular flexibility index (Phi) is 11.0. The molecule has 0 bridgehead atoms. The van der Waals surface area contributed by atoms with Crippen LogP contribution in [0.5, 0.6) is 0 Å². The number of benzene rings is 2. The van der Waals surface area contributed by atoms with Gasteiger partial charge in [0.2, 0.25) is 6.54 Å². The molecule has 2 aromatic rings. The zero-order chi connectivity index (χ0) is 26.7. The molecule has 0 aliphatic carbocycles. The molecular formula is C24H23ClN3O7-. The number of nitrogens with zero attached hydrogens (tertiary/aromatic N) is 1. The van der Waals surface area contributed by atoms with Gasteiger partial charge in [0.05, 0.1) is 5.97 Å². The molecule has 0 heterocycles. The van der Waals surface area contributed by atoms with Crippen LogP contribution < -0.4 is 15.7 Å². The van der Waals surface area contributed by atoms with E-state index in [1.165, 1.54) is 24.3 Å². The van der Waals surface area contributed by atoms with Crippen molar-refractivity contribution < 1.29 is 29.2 Å². The van der Waals surface area contributed by atoms with Crippen LogP contribution in [-0.2, 0) is 20.9 Å². The monoisotopic (exact) mass is 500 g/mol. The summed E-state index contributed by atoms with van der Waals surface area (Å²) in [6, 6.07) is 12.1. The number of carboxylic acids is 1. The predicted molar refractivity (Wildman–Crippen MR) is 129 cm³/mol. The second-order valence-corrected chi connectivity index (χ2v) is 7.72. The molecule has 2 amide bonds. The first-order chi connectivity index (χ1) is 16.3. The van der Waals surface area contributed by atoms with Gasteiger partial charge in [0.1, 0.15) is 5.38 Å². The minimum absolute atomic E-state index is 0.123. The number of ketones is 1. The van der Waals surface area contributed by atoms with Crippen LogP contribution in [0, 0.1) is 10.1 Å². The Hall–Kier alpha value is -4.31. The summed E-state index contributed by atoms with van der Waals surface area (Å²) in [6.07, 6.45) is 0. The van der Waals surface area contributed by atoms with Gasteiger partial charge in [0.25, 0.3) is 11.8 Å². The average molecular weight is 501 g/mol. The van der Waals surface area contributed by atoms with E-state index in [1.54, 1.807) is 38.1 Å². The average Bonchev–Trinajstić information content (AvgIpc) is 2.79. The topological polar surface area (TPSA) is 159 Å². The van der Waals surface area contributed by atoms with Crippen LogP contribution in [0.1, 0.15) is 29.8 Å². The van der Waals surface area contributed by atoms with Crippen LogP contribution in [-0.4, -0.2) is 33.9 Å². The fraction of sp³-hybridized carbons (Fsp3) is 0.167. The van der Waals surface area contributed by atoms with E-state index in [1.807, 2.05) is 0 Å².